The van der Waals surface area contributed by atoms with E-state index >= 15 is 0 Å². The van der Waals surface area contributed by atoms with Gasteiger partial charge in [-0.25, -0.2) is 0 Å². The van der Waals surface area contributed by atoms with Crippen molar-refractivity contribution >= 4 is 10.9 Å². The van der Waals surface area contributed by atoms with E-state index in [0.717, 1.165) is 23.9 Å². The summed E-state index contributed by atoms with van der Waals surface area (Å²) in [6.45, 7) is 3.57. The first-order chi connectivity index (χ1) is 12.8. The fourth-order valence-electron chi connectivity index (χ4n) is 4.53. The van der Waals surface area contributed by atoms with Gasteiger partial charge in [0.25, 0.3) is 0 Å². The molecule has 3 heteroatoms. The molecule has 0 bridgehead atoms. The van der Waals surface area contributed by atoms with Crippen molar-refractivity contribution in [2.45, 2.75) is 44.6 Å². The van der Waals surface area contributed by atoms with Crippen molar-refractivity contribution < 1.29 is 0 Å². The highest BCUT2D eigenvalue weighted by atomic mass is 15.1. The molecule has 0 amide bonds. The van der Waals surface area contributed by atoms with Crippen molar-refractivity contribution in [1.82, 2.24) is 15.1 Å². The van der Waals surface area contributed by atoms with E-state index in [1.165, 1.54) is 61.7 Å². The zero-order valence-corrected chi connectivity index (χ0v) is 15.3. The molecule has 0 spiro atoms. The van der Waals surface area contributed by atoms with Crippen molar-refractivity contribution in [3.05, 3.63) is 65.4 Å². The van der Waals surface area contributed by atoms with Crippen LogP contribution in [0.25, 0.3) is 10.9 Å². The van der Waals surface area contributed by atoms with Gasteiger partial charge in [-0.1, -0.05) is 30.3 Å². The van der Waals surface area contributed by atoms with Crippen LogP contribution in [0.15, 0.2) is 48.7 Å². The van der Waals surface area contributed by atoms with Crippen molar-refractivity contribution in [3.8, 4) is 0 Å². The van der Waals surface area contributed by atoms with Gasteiger partial charge in [-0.05, 0) is 79.3 Å². The molecule has 5 rings (SSSR count). The van der Waals surface area contributed by atoms with Gasteiger partial charge in [-0.2, -0.15) is 5.10 Å². The normalized spacial score (nSPS) is 21.3. The van der Waals surface area contributed by atoms with E-state index in [2.05, 4.69) is 57.6 Å². The summed E-state index contributed by atoms with van der Waals surface area (Å²) in [4.78, 5) is 2.66. The van der Waals surface area contributed by atoms with Crippen molar-refractivity contribution in [2.24, 2.45) is 5.92 Å². The number of benzene rings is 2. The minimum atomic E-state index is 0.764. The van der Waals surface area contributed by atoms with Gasteiger partial charge in [0.05, 0.1) is 11.7 Å². The number of nitrogens with zero attached hydrogens (tertiary/aromatic N) is 2. The Hall–Kier alpha value is -2.13. The fourth-order valence-corrected chi connectivity index (χ4v) is 4.53. The second-order valence-electron chi connectivity index (χ2n) is 8.26. The Morgan fingerprint density at radius 1 is 1.04 bits per heavy atom. The number of nitrogens with one attached hydrogen (secondary N) is 1. The van der Waals surface area contributed by atoms with Gasteiger partial charge in [-0.3, -0.25) is 10.00 Å². The first-order valence-electron chi connectivity index (χ1n) is 10.1. The lowest BCUT2D eigenvalue weighted by Gasteiger charge is -2.33. The number of likely N-dealkylation sites (tertiary alicyclic amines) is 1. The molecule has 2 aliphatic rings. The molecule has 3 nitrogen and oxygen atoms in total. The van der Waals surface area contributed by atoms with Gasteiger partial charge in [0.2, 0.25) is 0 Å². The van der Waals surface area contributed by atoms with E-state index in [1.807, 2.05) is 6.20 Å². The molecule has 1 aromatic heterocycles. The van der Waals surface area contributed by atoms with Crippen LogP contribution in [0.1, 0.15) is 48.3 Å². The minimum absolute atomic E-state index is 0.764. The summed E-state index contributed by atoms with van der Waals surface area (Å²) in [5.41, 5.74) is 5.63. The monoisotopic (exact) mass is 345 g/mol. The third kappa shape index (κ3) is 3.54. The molecule has 1 atom stereocenters. The molecule has 2 fully saturated rings. The van der Waals surface area contributed by atoms with Crippen molar-refractivity contribution in [2.75, 3.05) is 13.1 Å². The molecule has 3 aromatic rings. The SMILES string of the molecule is c1cc(CN2CCC[C@H](Cc3ccc4[nH]ncc4c3)C2)cc(C2CC2)c1. The van der Waals surface area contributed by atoms with E-state index in [1.54, 1.807) is 5.56 Å². The molecule has 0 unspecified atom stereocenters. The first kappa shape index (κ1) is 16.1. The Kier molecular flexibility index (Phi) is 4.25. The Bertz CT molecular complexity index is 893. The Labute approximate surface area is 155 Å². The molecular weight excluding hydrogens is 318 g/mol. The van der Waals surface area contributed by atoms with Gasteiger partial charge >= 0.3 is 0 Å². The molecule has 1 aliphatic heterocycles. The van der Waals surface area contributed by atoms with Gasteiger partial charge in [-0.15, -0.1) is 0 Å². The predicted octanol–water partition coefficient (Wildman–Crippen LogP) is 4.90. The van der Waals surface area contributed by atoms with E-state index in [4.69, 9.17) is 0 Å². The number of aromatic nitrogens is 2. The molecule has 134 valence electrons. The highest BCUT2D eigenvalue weighted by molar-refractivity contribution is 5.78. The van der Waals surface area contributed by atoms with Crippen LogP contribution in [0.5, 0.6) is 0 Å². The van der Waals surface area contributed by atoms with Gasteiger partial charge < -0.3 is 0 Å². The Morgan fingerprint density at radius 2 is 2.00 bits per heavy atom. The highest BCUT2D eigenvalue weighted by Gasteiger charge is 2.24. The molecule has 1 saturated heterocycles. The molecule has 26 heavy (non-hydrogen) atoms. The highest BCUT2D eigenvalue weighted by Crippen LogP contribution is 2.40. The Morgan fingerprint density at radius 3 is 2.92 bits per heavy atom. The van der Waals surface area contributed by atoms with Crippen LogP contribution in [-0.2, 0) is 13.0 Å². The van der Waals surface area contributed by atoms with E-state index in [9.17, 15) is 0 Å². The summed E-state index contributed by atoms with van der Waals surface area (Å²) in [5, 5.41) is 8.41. The molecule has 1 N–H and O–H groups in total. The second-order valence-corrected chi connectivity index (χ2v) is 8.26. The number of aromatic amines is 1. The smallest absolute Gasteiger partial charge is 0.0650 e. The summed E-state index contributed by atoms with van der Waals surface area (Å²) in [7, 11) is 0. The second kappa shape index (κ2) is 6.88. The first-order valence-corrected chi connectivity index (χ1v) is 10.1. The summed E-state index contributed by atoms with van der Waals surface area (Å²) < 4.78 is 0. The van der Waals surface area contributed by atoms with Crippen LogP contribution in [0.3, 0.4) is 0 Å². The number of hydrogen-bond donors (Lipinski definition) is 1. The van der Waals surface area contributed by atoms with E-state index in [-0.39, 0.29) is 0 Å². The Balaban J connectivity index is 1.23. The zero-order chi connectivity index (χ0) is 17.3. The largest absolute Gasteiger partial charge is 0.299 e. The van der Waals surface area contributed by atoms with Crippen molar-refractivity contribution in [3.63, 3.8) is 0 Å². The lowest BCUT2D eigenvalue weighted by molar-refractivity contribution is 0.167. The molecule has 1 aliphatic carbocycles. The third-order valence-corrected chi connectivity index (χ3v) is 6.04. The number of piperidine rings is 1. The lowest BCUT2D eigenvalue weighted by atomic mass is 9.90. The van der Waals surface area contributed by atoms with Crippen LogP contribution in [-0.4, -0.2) is 28.2 Å². The summed E-state index contributed by atoms with van der Waals surface area (Å²) >= 11 is 0. The number of fused-ring (bicyclic) bond motifs is 1. The number of hydrogen-bond acceptors (Lipinski definition) is 2. The summed E-state index contributed by atoms with van der Waals surface area (Å²) in [6, 6.07) is 16.1. The van der Waals surface area contributed by atoms with Gasteiger partial charge in [0.15, 0.2) is 0 Å². The molecular formula is C23H27N3. The minimum Gasteiger partial charge on any atom is -0.299 e. The fraction of sp³-hybridized carbons (Fsp3) is 0.435. The van der Waals surface area contributed by atoms with E-state index < -0.39 is 0 Å². The maximum absolute atomic E-state index is 4.14. The quantitative estimate of drug-likeness (QED) is 0.713. The van der Waals surface area contributed by atoms with E-state index in [0.29, 0.717) is 0 Å². The number of rotatable bonds is 5. The maximum Gasteiger partial charge on any atom is 0.0650 e. The third-order valence-electron chi connectivity index (χ3n) is 6.04. The molecule has 2 heterocycles. The zero-order valence-electron chi connectivity index (χ0n) is 15.3. The van der Waals surface area contributed by atoms with Crippen LogP contribution in [0, 0.1) is 5.92 Å². The average Bonchev–Trinajstić information content (AvgIpc) is 3.41. The van der Waals surface area contributed by atoms with Crippen LogP contribution in [0.2, 0.25) is 0 Å². The van der Waals surface area contributed by atoms with Crippen LogP contribution in [0.4, 0.5) is 0 Å². The van der Waals surface area contributed by atoms with Crippen LogP contribution < -0.4 is 0 Å². The van der Waals surface area contributed by atoms with Gasteiger partial charge in [0, 0.05) is 18.5 Å². The van der Waals surface area contributed by atoms with Crippen LogP contribution >= 0.6 is 0 Å². The predicted molar refractivity (Wildman–Crippen MR) is 106 cm³/mol. The maximum atomic E-state index is 4.14. The topological polar surface area (TPSA) is 31.9 Å². The standard InChI is InChI=1S/C23H27N3/c1-3-19(13-21(5-1)20-7-8-20)16-26-10-2-4-18(15-26)11-17-6-9-23-22(12-17)14-24-25-23/h1,3,5-6,9,12-14,18,20H,2,4,7-8,10-11,15-16H2,(H,24,25)/t18-/m1/s1. The molecule has 1 saturated carbocycles. The van der Waals surface area contributed by atoms with Crippen molar-refractivity contribution in [1.29, 1.82) is 0 Å². The molecule has 2 aromatic carbocycles. The summed E-state index contributed by atoms with van der Waals surface area (Å²) in [5.74, 6) is 1.61. The lowest BCUT2D eigenvalue weighted by Crippen LogP contribution is -2.35. The summed E-state index contributed by atoms with van der Waals surface area (Å²) in [6.07, 6.45) is 8.55. The number of H-pyrrole nitrogens is 1. The molecule has 0 radical (unpaired) electrons. The van der Waals surface area contributed by atoms with Gasteiger partial charge in [0.1, 0.15) is 0 Å². The average molecular weight is 345 g/mol.